The number of carboxylic acid groups (broad SMARTS) is 1. The summed E-state index contributed by atoms with van der Waals surface area (Å²) in [6.07, 6.45) is 0. The Morgan fingerprint density at radius 2 is 2.10 bits per heavy atom. The van der Waals surface area contributed by atoms with Gasteiger partial charge in [0.05, 0.1) is 6.61 Å². The van der Waals surface area contributed by atoms with Crippen LogP contribution in [0.3, 0.4) is 0 Å². The van der Waals surface area contributed by atoms with E-state index in [2.05, 4.69) is 5.32 Å². The molecular formula is C6H13NO3. The van der Waals surface area contributed by atoms with Gasteiger partial charge in [0.2, 0.25) is 0 Å². The predicted octanol–water partition coefficient (Wildman–Crippen LogP) is -0.570. The van der Waals surface area contributed by atoms with Crippen LogP contribution in [0.15, 0.2) is 0 Å². The van der Waals surface area contributed by atoms with Crippen molar-refractivity contribution >= 4 is 5.97 Å². The zero-order valence-electron chi connectivity index (χ0n) is 6.16. The Bertz CT molecular complexity index is 116. The molecule has 0 saturated heterocycles. The average molecular weight is 147 g/mol. The lowest BCUT2D eigenvalue weighted by Gasteiger charge is -2.13. The maximum Gasteiger partial charge on any atom is 0.320 e. The van der Waals surface area contributed by atoms with Gasteiger partial charge < -0.3 is 10.2 Å². The van der Waals surface area contributed by atoms with Crippen molar-refractivity contribution in [3.63, 3.8) is 0 Å². The summed E-state index contributed by atoms with van der Waals surface area (Å²) in [5, 5.41) is 19.6. The first-order valence-corrected chi connectivity index (χ1v) is 3.17. The minimum atomic E-state index is -0.902. The van der Waals surface area contributed by atoms with E-state index in [1.165, 1.54) is 6.92 Å². The van der Waals surface area contributed by atoms with Gasteiger partial charge in [0.25, 0.3) is 0 Å². The van der Waals surface area contributed by atoms with Crippen LogP contribution < -0.4 is 5.32 Å². The summed E-state index contributed by atoms with van der Waals surface area (Å²) in [5.74, 6) is -0.902. The molecule has 0 aromatic heterocycles. The highest BCUT2D eigenvalue weighted by Gasteiger charge is 2.11. The van der Waals surface area contributed by atoms with Gasteiger partial charge in [-0.25, -0.2) is 0 Å². The molecule has 2 atom stereocenters. The molecule has 0 bridgehead atoms. The second-order valence-corrected chi connectivity index (χ2v) is 2.31. The molecule has 0 unspecified atom stereocenters. The standard InChI is InChI=1S/C6H13NO3/c1-4(3-8)7-5(2)6(9)10/h4-5,7-8H,3H2,1-2H3,(H,9,10)/t4-,5+/m0/s1. The Hall–Kier alpha value is -0.610. The Morgan fingerprint density at radius 1 is 1.60 bits per heavy atom. The smallest absolute Gasteiger partial charge is 0.320 e. The molecular weight excluding hydrogens is 134 g/mol. The van der Waals surface area contributed by atoms with Crippen molar-refractivity contribution in [2.75, 3.05) is 6.61 Å². The van der Waals surface area contributed by atoms with E-state index in [0.717, 1.165) is 0 Å². The number of aliphatic carboxylic acids is 1. The van der Waals surface area contributed by atoms with Gasteiger partial charge in [-0.15, -0.1) is 0 Å². The second-order valence-electron chi connectivity index (χ2n) is 2.31. The molecule has 3 N–H and O–H groups in total. The lowest BCUT2D eigenvalue weighted by Crippen LogP contribution is -2.41. The van der Waals surface area contributed by atoms with E-state index in [0.29, 0.717) is 0 Å². The van der Waals surface area contributed by atoms with Crippen molar-refractivity contribution in [2.45, 2.75) is 25.9 Å². The van der Waals surface area contributed by atoms with Gasteiger partial charge in [0.1, 0.15) is 6.04 Å². The summed E-state index contributed by atoms with van der Waals surface area (Å²) >= 11 is 0. The SMILES string of the molecule is C[C@@H](CO)N[C@H](C)C(=O)O. The number of aliphatic hydroxyl groups excluding tert-OH is 1. The molecule has 4 nitrogen and oxygen atoms in total. The monoisotopic (exact) mass is 147 g/mol. The molecule has 60 valence electrons. The zero-order chi connectivity index (χ0) is 8.15. The molecule has 0 radical (unpaired) electrons. The van der Waals surface area contributed by atoms with Gasteiger partial charge in [0.15, 0.2) is 0 Å². The highest BCUT2D eigenvalue weighted by molar-refractivity contribution is 5.72. The number of hydrogen-bond donors (Lipinski definition) is 3. The van der Waals surface area contributed by atoms with E-state index in [1.54, 1.807) is 6.92 Å². The zero-order valence-corrected chi connectivity index (χ0v) is 6.16. The summed E-state index contributed by atoms with van der Waals surface area (Å²) < 4.78 is 0. The molecule has 0 aromatic rings. The molecule has 0 aliphatic carbocycles. The lowest BCUT2D eigenvalue weighted by molar-refractivity contribution is -0.139. The third kappa shape index (κ3) is 3.42. The van der Waals surface area contributed by atoms with Crippen molar-refractivity contribution in [3.05, 3.63) is 0 Å². The third-order valence-electron chi connectivity index (χ3n) is 1.18. The van der Waals surface area contributed by atoms with Crippen LogP contribution in [0, 0.1) is 0 Å². The van der Waals surface area contributed by atoms with Crippen molar-refractivity contribution in [2.24, 2.45) is 0 Å². The summed E-state index contributed by atoms with van der Waals surface area (Å²) in [6, 6.07) is -0.756. The second kappa shape index (κ2) is 4.24. The molecule has 4 heteroatoms. The first-order valence-electron chi connectivity index (χ1n) is 3.17. The van der Waals surface area contributed by atoms with E-state index >= 15 is 0 Å². The first kappa shape index (κ1) is 9.39. The average Bonchev–Trinajstić information content (AvgIpc) is 1.87. The number of carbonyl (C=O) groups is 1. The molecule has 0 heterocycles. The molecule has 0 fully saturated rings. The number of nitrogens with one attached hydrogen (secondary N) is 1. The molecule has 0 spiro atoms. The molecule has 0 aliphatic rings. The van der Waals surface area contributed by atoms with Crippen molar-refractivity contribution in [1.29, 1.82) is 0 Å². The van der Waals surface area contributed by atoms with Crippen molar-refractivity contribution < 1.29 is 15.0 Å². The fourth-order valence-corrected chi connectivity index (χ4v) is 0.551. The van der Waals surface area contributed by atoms with Crippen molar-refractivity contribution in [1.82, 2.24) is 5.32 Å². The van der Waals surface area contributed by atoms with E-state index in [-0.39, 0.29) is 12.6 Å². The summed E-state index contributed by atoms with van der Waals surface area (Å²) in [6.45, 7) is 3.21. The topological polar surface area (TPSA) is 69.6 Å². The van der Waals surface area contributed by atoms with Gasteiger partial charge >= 0.3 is 5.97 Å². The van der Waals surface area contributed by atoms with Crippen LogP contribution in [0.5, 0.6) is 0 Å². The minimum Gasteiger partial charge on any atom is -0.480 e. The van der Waals surface area contributed by atoms with E-state index in [9.17, 15) is 4.79 Å². The number of aliphatic hydroxyl groups is 1. The number of rotatable bonds is 4. The molecule has 10 heavy (non-hydrogen) atoms. The van der Waals surface area contributed by atoms with Gasteiger partial charge in [-0.3, -0.25) is 10.1 Å². The third-order valence-corrected chi connectivity index (χ3v) is 1.18. The van der Waals surface area contributed by atoms with Gasteiger partial charge in [-0.2, -0.15) is 0 Å². The Labute approximate surface area is 59.9 Å². The largest absolute Gasteiger partial charge is 0.480 e. The summed E-state index contributed by atoms with van der Waals surface area (Å²) in [5.41, 5.74) is 0. The van der Waals surface area contributed by atoms with Crippen LogP contribution in [0.1, 0.15) is 13.8 Å². The maximum absolute atomic E-state index is 10.2. The van der Waals surface area contributed by atoms with Crippen LogP contribution >= 0.6 is 0 Å². The number of hydrogen-bond acceptors (Lipinski definition) is 3. The maximum atomic E-state index is 10.2. The van der Waals surface area contributed by atoms with Gasteiger partial charge in [-0.1, -0.05) is 0 Å². The quantitative estimate of drug-likeness (QED) is 0.498. The molecule has 0 amide bonds. The fraction of sp³-hybridized carbons (Fsp3) is 0.833. The van der Waals surface area contributed by atoms with Crippen LogP contribution in [-0.4, -0.2) is 34.9 Å². The van der Waals surface area contributed by atoms with Gasteiger partial charge in [-0.05, 0) is 13.8 Å². The van der Waals surface area contributed by atoms with Crippen LogP contribution in [0.25, 0.3) is 0 Å². The van der Waals surface area contributed by atoms with Crippen LogP contribution in [-0.2, 0) is 4.79 Å². The first-order chi connectivity index (χ1) is 4.57. The van der Waals surface area contributed by atoms with Crippen molar-refractivity contribution in [3.8, 4) is 0 Å². The Balaban J connectivity index is 3.56. The molecule has 0 aliphatic heterocycles. The van der Waals surface area contributed by atoms with Crippen LogP contribution in [0.4, 0.5) is 0 Å². The van der Waals surface area contributed by atoms with E-state index in [4.69, 9.17) is 10.2 Å². The summed E-state index contributed by atoms with van der Waals surface area (Å²) in [7, 11) is 0. The van der Waals surface area contributed by atoms with Crippen LogP contribution in [0.2, 0.25) is 0 Å². The lowest BCUT2D eigenvalue weighted by atomic mass is 10.3. The predicted molar refractivity (Wildman–Crippen MR) is 36.8 cm³/mol. The summed E-state index contributed by atoms with van der Waals surface area (Å²) in [4.78, 5) is 10.2. The van der Waals surface area contributed by atoms with E-state index in [1.807, 2.05) is 0 Å². The fourth-order valence-electron chi connectivity index (χ4n) is 0.551. The minimum absolute atomic E-state index is 0.0440. The Morgan fingerprint density at radius 3 is 2.40 bits per heavy atom. The number of carboxylic acids is 1. The molecule has 0 saturated carbocycles. The van der Waals surface area contributed by atoms with E-state index < -0.39 is 12.0 Å². The molecule has 0 aromatic carbocycles. The normalized spacial score (nSPS) is 16.3. The molecule has 0 rings (SSSR count). The highest BCUT2D eigenvalue weighted by atomic mass is 16.4. The van der Waals surface area contributed by atoms with Gasteiger partial charge in [0, 0.05) is 6.04 Å². The Kier molecular flexibility index (Phi) is 3.99. The highest BCUT2D eigenvalue weighted by Crippen LogP contribution is 1.85.